The summed E-state index contributed by atoms with van der Waals surface area (Å²) in [5.41, 5.74) is 6.06. The molecule has 0 radical (unpaired) electrons. The first-order valence-electron chi connectivity index (χ1n) is 8.82. The maximum Gasteiger partial charge on any atom is 0.240 e. The summed E-state index contributed by atoms with van der Waals surface area (Å²) in [7, 11) is 0. The summed E-state index contributed by atoms with van der Waals surface area (Å²) >= 11 is 1.30. The van der Waals surface area contributed by atoms with Crippen LogP contribution in [0.25, 0.3) is 0 Å². The molecule has 0 aliphatic carbocycles. The Morgan fingerprint density at radius 1 is 1.07 bits per heavy atom. The Kier molecular flexibility index (Phi) is 5.65. The Balaban J connectivity index is 1.64. The van der Waals surface area contributed by atoms with Gasteiger partial charge < -0.3 is 10.6 Å². The van der Waals surface area contributed by atoms with Crippen molar-refractivity contribution in [2.45, 2.75) is 39.4 Å². The number of hydrogen-bond acceptors (Lipinski definition) is 4. The van der Waals surface area contributed by atoms with Crippen molar-refractivity contribution in [2.24, 2.45) is 4.99 Å². The fraction of sp³-hybridized carbons (Fsp3) is 0.286. The van der Waals surface area contributed by atoms with Crippen molar-refractivity contribution in [3.63, 3.8) is 0 Å². The average Bonchev–Trinajstić information content (AvgIpc) is 2.93. The van der Waals surface area contributed by atoms with Crippen molar-refractivity contribution < 1.29 is 9.59 Å². The van der Waals surface area contributed by atoms with Crippen LogP contribution >= 0.6 is 11.8 Å². The highest BCUT2D eigenvalue weighted by molar-refractivity contribution is 8.15. The van der Waals surface area contributed by atoms with Gasteiger partial charge in [0, 0.05) is 12.1 Å². The molecule has 0 bridgehead atoms. The summed E-state index contributed by atoms with van der Waals surface area (Å²) in [6.45, 7) is 8.03. The van der Waals surface area contributed by atoms with E-state index < -0.39 is 5.25 Å². The number of thioether (sulfide) groups is 1. The van der Waals surface area contributed by atoms with Crippen LogP contribution in [-0.4, -0.2) is 22.2 Å². The molecule has 1 aliphatic rings. The SMILES string of the molecule is Cc1ccc(NC(=O)C[C@H]2SC(=Nc3ccc(C)c(C)c3)NC2=O)c(C)c1. The lowest BCUT2D eigenvalue weighted by molar-refractivity contribution is -0.122. The summed E-state index contributed by atoms with van der Waals surface area (Å²) in [5.74, 6) is -0.361. The first-order valence-corrected chi connectivity index (χ1v) is 9.70. The van der Waals surface area contributed by atoms with Gasteiger partial charge in [-0.05, 0) is 62.6 Å². The lowest BCUT2D eigenvalue weighted by Gasteiger charge is -2.10. The summed E-state index contributed by atoms with van der Waals surface area (Å²) in [4.78, 5) is 29.0. The number of benzene rings is 2. The number of hydrogen-bond donors (Lipinski definition) is 2. The van der Waals surface area contributed by atoms with Crippen molar-refractivity contribution in [2.75, 3.05) is 5.32 Å². The van der Waals surface area contributed by atoms with E-state index in [1.54, 1.807) is 0 Å². The highest BCUT2D eigenvalue weighted by atomic mass is 32.2. The second-order valence-electron chi connectivity index (χ2n) is 6.85. The van der Waals surface area contributed by atoms with Gasteiger partial charge in [-0.1, -0.05) is 35.5 Å². The van der Waals surface area contributed by atoms with Crippen molar-refractivity contribution in [3.05, 3.63) is 58.7 Å². The maximum atomic E-state index is 12.4. The van der Waals surface area contributed by atoms with Gasteiger partial charge in [-0.15, -0.1) is 0 Å². The minimum atomic E-state index is -0.471. The largest absolute Gasteiger partial charge is 0.326 e. The molecule has 0 saturated carbocycles. The zero-order chi connectivity index (χ0) is 19.6. The molecule has 1 fully saturated rings. The number of rotatable bonds is 4. The molecule has 2 N–H and O–H groups in total. The molecule has 27 heavy (non-hydrogen) atoms. The summed E-state index contributed by atoms with van der Waals surface area (Å²) < 4.78 is 0. The Hall–Kier alpha value is -2.60. The monoisotopic (exact) mass is 381 g/mol. The molecule has 5 nitrogen and oxygen atoms in total. The van der Waals surface area contributed by atoms with Crippen LogP contribution in [0.2, 0.25) is 0 Å². The molecule has 0 unspecified atom stereocenters. The van der Waals surface area contributed by atoms with Crippen LogP contribution in [0.5, 0.6) is 0 Å². The Labute approximate surface area is 163 Å². The van der Waals surface area contributed by atoms with E-state index >= 15 is 0 Å². The molecule has 1 heterocycles. The summed E-state index contributed by atoms with van der Waals surface area (Å²) in [6, 6.07) is 11.8. The van der Waals surface area contributed by atoms with Gasteiger partial charge in [0.15, 0.2) is 5.17 Å². The molecule has 1 atom stereocenters. The highest BCUT2D eigenvalue weighted by Crippen LogP contribution is 2.27. The van der Waals surface area contributed by atoms with Crippen molar-refractivity contribution >= 4 is 40.1 Å². The van der Waals surface area contributed by atoms with Gasteiger partial charge >= 0.3 is 0 Å². The van der Waals surface area contributed by atoms with Gasteiger partial charge in [-0.2, -0.15) is 0 Å². The third kappa shape index (κ3) is 4.77. The number of carbonyl (C=O) groups is 2. The zero-order valence-corrected chi connectivity index (χ0v) is 16.7. The lowest BCUT2D eigenvalue weighted by Crippen LogP contribution is -2.28. The van der Waals surface area contributed by atoms with E-state index in [9.17, 15) is 9.59 Å². The minimum Gasteiger partial charge on any atom is -0.326 e. The number of amides is 2. The number of amidine groups is 1. The molecular weight excluding hydrogens is 358 g/mol. The van der Waals surface area contributed by atoms with Gasteiger partial charge in [0.2, 0.25) is 11.8 Å². The van der Waals surface area contributed by atoms with Gasteiger partial charge in [-0.25, -0.2) is 4.99 Å². The van der Waals surface area contributed by atoms with Crippen LogP contribution in [0.15, 0.2) is 41.4 Å². The van der Waals surface area contributed by atoms with E-state index in [0.29, 0.717) is 5.17 Å². The smallest absolute Gasteiger partial charge is 0.240 e. The predicted molar refractivity (Wildman–Crippen MR) is 112 cm³/mol. The quantitative estimate of drug-likeness (QED) is 0.835. The fourth-order valence-corrected chi connectivity index (χ4v) is 3.82. The molecule has 0 aromatic heterocycles. The first-order chi connectivity index (χ1) is 12.8. The minimum absolute atomic E-state index is 0.107. The predicted octanol–water partition coefficient (Wildman–Crippen LogP) is 4.17. The summed E-state index contributed by atoms with van der Waals surface area (Å²) in [5, 5.41) is 5.72. The van der Waals surface area contributed by atoms with E-state index in [1.807, 2.05) is 64.1 Å². The average molecular weight is 382 g/mol. The second-order valence-corrected chi connectivity index (χ2v) is 8.04. The van der Waals surface area contributed by atoms with Crippen molar-refractivity contribution in [1.82, 2.24) is 5.32 Å². The number of anilines is 1. The highest BCUT2D eigenvalue weighted by Gasteiger charge is 2.32. The van der Waals surface area contributed by atoms with Crippen LogP contribution in [-0.2, 0) is 9.59 Å². The Bertz CT molecular complexity index is 937. The first kappa shape index (κ1) is 19.2. The molecule has 140 valence electrons. The fourth-order valence-electron chi connectivity index (χ4n) is 2.83. The van der Waals surface area contributed by atoms with E-state index in [1.165, 1.54) is 17.3 Å². The number of carbonyl (C=O) groups excluding carboxylic acids is 2. The molecule has 1 aliphatic heterocycles. The van der Waals surface area contributed by atoms with Gasteiger partial charge in [0.25, 0.3) is 0 Å². The zero-order valence-electron chi connectivity index (χ0n) is 15.9. The van der Waals surface area contributed by atoms with E-state index in [-0.39, 0.29) is 18.2 Å². The second kappa shape index (κ2) is 7.96. The molecular formula is C21H23N3O2S. The normalized spacial score (nSPS) is 17.9. The van der Waals surface area contributed by atoms with Crippen LogP contribution in [0.1, 0.15) is 28.7 Å². The molecule has 0 spiro atoms. The van der Waals surface area contributed by atoms with Gasteiger partial charge in [-0.3, -0.25) is 9.59 Å². The molecule has 2 aromatic rings. The third-order valence-corrected chi connectivity index (χ3v) is 5.61. The van der Waals surface area contributed by atoms with E-state index in [0.717, 1.165) is 28.1 Å². The van der Waals surface area contributed by atoms with Crippen LogP contribution in [0.3, 0.4) is 0 Å². The maximum absolute atomic E-state index is 12.4. The van der Waals surface area contributed by atoms with Crippen LogP contribution in [0, 0.1) is 27.7 Å². The number of nitrogens with zero attached hydrogens (tertiary/aromatic N) is 1. The summed E-state index contributed by atoms with van der Waals surface area (Å²) in [6.07, 6.45) is 0.107. The topological polar surface area (TPSA) is 70.6 Å². The van der Waals surface area contributed by atoms with Crippen LogP contribution < -0.4 is 10.6 Å². The van der Waals surface area contributed by atoms with E-state index in [2.05, 4.69) is 15.6 Å². The Morgan fingerprint density at radius 2 is 1.85 bits per heavy atom. The molecule has 2 amide bonds. The lowest BCUT2D eigenvalue weighted by atomic mass is 10.1. The third-order valence-electron chi connectivity index (χ3n) is 4.52. The van der Waals surface area contributed by atoms with Gasteiger partial charge in [0.05, 0.1) is 5.69 Å². The molecule has 1 saturated heterocycles. The number of aliphatic imine (C=N–C) groups is 1. The number of nitrogens with one attached hydrogen (secondary N) is 2. The molecule has 3 rings (SSSR count). The van der Waals surface area contributed by atoms with Crippen LogP contribution in [0.4, 0.5) is 11.4 Å². The Morgan fingerprint density at radius 3 is 2.56 bits per heavy atom. The van der Waals surface area contributed by atoms with Gasteiger partial charge in [0.1, 0.15) is 5.25 Å². The van der Waals surface area contributed by atoms with Crippen molar-refractivity contribution in [1.29, 1.82) is 0 Å². The number of aryl methyl sites for hydroxylation is 4. The standard InChI is InChI=1S/C21H23N3O2S/c1-12-5-8-17(15(4)9-12)23-19(25)11-18-20(26)24-21(27-18)22-16-7-6-13(2)14(3)10-16/h5-10,18H,11H2,1-4H3,(H,23,25)(H,22,24,26)/t18-/m1/s1. The van der Waals surface area contributed by atoms with E-state index in [4.69, 9.17) is 0 Å². The van der Waals surface area contributed by atoms with Crippen molar-refractivity contribution in [3.8, 4) is 0 Å². The molecule has 6 heteroatoms. The molecule has 2 aromatic carbocycles.